The van der Waals surface area contributed by atoms with E-state index in [9.17, 15) is 0 Å². The van der Waals surface area contributed by atoms with Crippen molar-refractivity contribution in [2.24, 2.45) is 5.41 Å². The Morgan fingerprint density at radius 1 is 1.19 bits per heavy atom. The van der Waals surface area contributed by atoms with E-state index < -0.39 is 0 Å². The molecule has 16 heavy (non-hydrogen) atoms. The first-order chi connectivity index (χ1) is 7.77. The summed E-state index contributed by atoms with van der Waals surface area (Å²) in [5.74, 6) is 0. The highest BCUT2D eigenvalue weighted by molar-refractivity contribution is 6.30. The van der Waals surface area contributed by atoms with Gasteiger partial charge in [-0.25, -0.2) is 0 Å². The number of nitrogens with zero attached hydrogens (tertiary/aromatic N) is 1. The minimum Gasteiger partial charge on any atom is -0.371 e. The fourth-order valence-corrected chi connectivity index (χ4v) is 3.08. The van der Waals surface area contributed by atoms with E-state index in [4.69, 9.17) is 11.6 Å². The third kappa shape index (κ3) is 1.80. The summed E-state index contributed by atoms with van der Waals surface area (Å²) < 4.78 is 0. The molecule has 0 aromatic heterocycles. The van der Waals surface area contributed by atoms with Crippen LogP contribution in [-0.4, -0.2) is 26.2 Å². The topological polar surface area (TPSA) is 15.3 Å². The molecule has 86 valence electrons. The van der Waals surface area contributed by atoms with Crippen LogP contribution in [0.4, 0.5) is 5.69 Å². The van der Waals surface area contributed by atoms with Gasteiger partial charge in [0.1, 0.15) is 0 Å². The summed E-state index contributed by atoms with van der Waals surface area (Å²) >= 11 is 5.91. The molecule has 3 rings (SSSR count). The first-order valence-electron chi connectivity index (χ1n) is 5.99. The SMILES string of the molecule is Clc1ccc(N2CC[C@]3(CCNC3)C2)cc1. The van der Waals surface area contributed by atoms with Crippen LogP contribution in [0.1, 0.15) is 12.8 Å². The second kappa shape index (κ2) is 3.94. The van der Waals surface area contributed by atoms with Crippen molar-refractivity contribution < 1.29 is 0 Å². The predicted molar refractivity (Wildman–Crippen MR) is 68.2 cm³/mol. The van der Waals surface area contributed by atoms with Crippen molar-refractivity contribution in [1.29, 1.82) is 0 Å². The highest BCUT2D eigenvalue weighted by atomic mass is 35.5. The second-order valence-electron chi connectivity index (χ2n) is 5.07. The maximum atomic E-state index is 5.91. The number of halogens is 1. The van der Waals surface area contributed by atoms with Gasteiger partial charge in [0.25, 0.3) is 0 Å². The molecule has 0 bridgehead atoms. The number of rotatable bonds is 1. The fourth-order valence-electron chi connectivity index (χ4n) is 2.95. The van der Waals surface area contributed by atoms with Crippen LogP contribution >= 0.6 is 11.6 Å². The lowest BCUT2D eigenvalue weighted by Gasteiger charge is -2.24. The third-order valence-electron chi connectivity index (χ3n) is 3.96. The Labute approximate surface area is 102 Å². The summed E-state index contributed by atoms with van der Waals surface area (Å²) in [6.45, 7) is 4.76. The number of nitrogens with one attached hydrogen (secondary N) is 1. The summed E-state index contributed by atoms with van der Waals surface area (Å²) in [4.78, 5) is 2.49. The minimum absolute atomic E-state index is 0.541. The Balaban J connectivity index is 1.75. The zero-order valence-corrected chi connectivity index (χ0v) is 10.1. The zero-order chi connectivity index (χ0) is 11.0. The first-order valence-corrected chi connectivity index (χ1v) is 6.37. The lowest BCUT2D eigenvalue weighted by Crippen LogP contribution is -2.28. The van der Waals surface area contributed by atoms with Crippen molar-refractivity contribution in [1.82, 2.24) is 5.32 Å². The van der Waals surface area contributed by atoms with Crippen LogP contribution in [0, 0.1) is 5.41 Å². The molecule has 1 spiro atoms. The van der Waals surface area contributed by atoms with Gasteiger partial charge in [-0.1, -0.05) is 11.6 Å². The van der Waals surface area contributed by atoms with Gasteiger partial charge in [-0.05, 0) is 43.7 Å². The molecule has 2 heterocycles. The van der Waals surface area contributed by atoms with Gasteiger partial charge in [0.05, 0.1) is 0 Å². The van der Waals surface area contributed by atoms with Crippen molar-refractivity contribution in [2.75, 3.05) is 31.1 Å². The fraction of sp³-hybridized carbons (Fsp3) is 0.538. The maximum absolute atomic E-state index is 5.91. The molecule has 0 aliphatic carbocycles. The number of hydrogen-bond donors (Lipinski definition) is 1. The van der Waals surface area contributed by atoms with Gasteiger partial charge in [0.2, 0.25) is 0 Å². The molecule has 0 saturated carbocycles. The van der Waals surface area contributed by atoms with E-state index in [-0.39, 0.29) is 0 Å². The molecule has 2 nitrogen and oxygen atoms in total. The van der Waals surface area contributed by atoms with Gasteiger partial charge in [-0.3, -0.25) is 0 Å². The predicted octanol–water partition coefficient (Wildman–Crippen LogP) is 2.53. The van der Waals surface area contributed by atoms with Gasteiger partial charge in [-0.15, -0.1) is 0 Å². The molecule has 2 aliphatic rings. The number of anilines is 1. The average Bonchev–Trinajstić information content (AvgIpc) is 2.91. The molecule has 3 heteroatoms. The van der Waals surface area contributed by atoms with Gasteiger partial charge < -0.3 is 10.2 Å². The van der Waals surface area contributed by atoms with E-state index >= 15 is 0 Å². The van der Waals surface area contributed by atoms with Crippen molar-refractivity contribution in [3.05, 3.63) is 29.3 Å². The molecule has 0 unspecified atom stereocenters. The Bertz CT molecular complexity index is 368. The van der Waals surface area contributed by atoms with Crippen molar-refractivity contribution >= 4 is 17.3 Å². The monoisotopic (exact) mass is 236 g/mol. The van der Waals surface area contributed by atoms with Crippen LogP contribution in [0.3, 0.4) is 0 Å². The van der Waals surface area contributed by atoms with E-state index in [2.05, 4.69) is 22.3 Å². The van der Waals surface area contributed by atoms with Crippen LogP contribution in [0.25, 0.3) is 0 Å². The van der Waals surface area contributed by atoms with E-state index in [0.29, 0.717) is 5.41 Å². The Morgan fingerprint density at radius 3 is 2.69 bits per heavy atom. The average molecular weight is 237 g/mol. The van der Waals surface area contributed by atoms with Crippen LogP contribution in [0.2, 0.25) is 5.02 Å². The quantitative estimate of drug-likeness (QED) is 0.806. The lowest BCUT2D eigenvalue weighted by atomic mass is 9.86. The second-order valence-corrected chi connectivity index (χ2v) is 5.51. The highest BCUT2D eigenvalue weighted by Gasteiger charge is 2.40. The summed E-state index contributed by atoms with van der Waals surface area (Å²) in [7, 11) is 0. The maximum Gasteiger partial charge on any atom is 0.0407 e. The summed E-state index contributed by atoms with van der Waals surface area (Å²) in [5, 5.41) is 4.31. The molecule has 1 aromatic carbocycles. The Morgan fingerprint density at radius 2 is 2.00 bits per heavy atom. The molecule has 2 fully saturated rings. The largest absolute Gasteiger partial charge is 0.371 e. The van der Waals surface area contributed by atoms with E-state index in [1.165, 1.54) is 44.7 Å². The normalized spacial score (nSPS) is 29.2. The van der Waals surface area contributed by atoms with Crippen LogP contribution in [0.15, 0.2) is 24.3 Å². The van der Waals surface area contributed by atoms with Crippen LogP contribution < -0.4 is 10.2 Å². The molecular formula is C13H17ClN2. The first kappa shape index (κ1) is 10.4. The summed E-state index contributed by atoms with van der Waals surface area (Å²) in [6.07, 6.45) is 2.65. The van der Waals surface area contributed by atoms with Gasteiger partial charge in [-0.2, -0.15) is 0 Å². The number of hydrogen-bond acceptors (Lipinski definition) is 2. The van der Waals surface area contributed by atoms with Crippen LogP contribution in [-0.2, 0) is 0 Å². The van der Waals surface area contributed by atoms with Crippen molar-refractivity contribution in [2.45, 2.75) is 12.8 Å². The van der Waals surface area contributed by atoms with Crippen molar-refractivity contribution in [3.8, 4) is 0 Å². The van der Waals surface area contributed by atoms with Gasteiger partial charge in [0.15, 0.2) is 0 Å². The molecule has 2 aliphatic heterocycles. The van der Waals surface area contributed by atoms with Crippen molar-refractivity contribution in [3.63, 3.8) is 0 Å². The molecule has 0 radical (unpaired) electrons. The zero-order valence-electron chi connectivity index (χ0n) is 9.38. The summed E-state index contributed by atoms with van der Waals surface area (Å²) in [5.41, 5.74) is 1.85. The smallest absolute Gasteiger partial charge is 0.0407 e. The van der Waals surface area contributed by atoms with E-state index in [0.717, 1.165) is 5.02 Å². The molecule has 1 atom stereocenters. The third-order valence-corrected chi connectivity index (χ3v) is 4.21. The Kier molecular flexibility index (Phi) is 2.56. The van der Waals surface area contributed by atoms with Crippen LogP contribution in [0.5, 0.6) is 0 Å². The van der Waals surface area contributed by atoms with E-state index in [1.807, 2.05) is 12.1 Å². The molecule has 1 N–H and O–H groups in total. The molecule has 1 aromatic rings. The Hall–Kier alpha value is -0.730. The number of benzene rings is 1. The molecule has 0 amide bonds. The standard InChI is InChI=1S/C13H17ClN2/c14-11-1-3-12(4-2-11)16-8-6-13(10-16)5-7-15-9-13/h1-4,15H,5-10H2/t13-/m0/s1. The minimum atomic E-state index is 0.541. The van der Waals surface area contributed by atoms with E-state index in [1.54, 1.807) is 0 Å². The lowest BCUT2D eigenvalue weighted by molar-refractivity contribution is 0.369. The molecule has 2 saturated heterocycles. The highest BCUT2D eigenvalue weighted by Crippen LogP contribution is 2.38. The summed E-state index contributed by atoms with van der Waals surface area (Å²) in [6, 6.07) is 8.22. The molecular weight excluding hydrogens is 220 g/mol. The van der Waals surface area contributed by atoms with Gasteiger partial charge >= 0.3 is 0 Å². The van der Waals surface area contributed by atoms with Gasteiger partial charge in [0, 0.05) is 35.8 Å².